The molecule has 0 radical (unpaired) electrons. The summed E-state index contributed by atoms with van der Waals surface area (Å²) in [5, 5.41) is 17.3. The van der Waals surface area contributed by atoms with Gasteiger partial charge in [0.1, 0.15) is 11.5 Å². The van der Waals surface area contributed by atoms with Gasteiger partial charge in [0.05, 0.1) is 26.9 Å². The van der Waals surface area contributed by atoms with Gasteiger partial charge in [-0.2, -0.15) is 0 Å². The Morgan fingerprint density at radius 1 is 1.09 bits per heavy atom. The van der Waals surface area contributed by atoms with Gasteiger partial charge < -0.3 is 30.1 Å². The summed E-state index contributed by atoms with van der Waals surface area (Å²) in [5.74, 6) is 2.35. The van der Waals surface area contributed by atoms with Gasteiger partial charge in [-0.15, -0.1) is 24.0 Å². The van der Waals surface area contributed by atoms with Gasteiger partial charge in [0, 0.05) is 49.6 Å². The standard InChI is InChI=1S/C25H36N4O3.HI/c1-5-26-25(27-17-24(30)19-8-6-18(2)7-9-19)28-20-10-12-29(13-11-20)21-14-22(31-3)16-23(15-21)32-4;/h6-9,14-16,20,24,30H,5,10-13,17H2,1-4H3,(H2,26,27,28);1H. The fourth-order valence-electron chi connectivity index (χ4n) is 3.84. The first-order valence-electron chi connectivity index (χ1n) is 11.3. The van der Waals surface area contributed by atoms with Gasteiger partial charge in [-0.25, -0.2) is 0 Å². The number of nitrogens with one attached hydrogen (secondary N) is 2. The molecule has 1 fully saturated rings. The Labute approximate surface area is 214 Å². The highest BCUT2D eigenvalue weighted by molar-refractivity contribution is 14.0. The molecule has 0 bridgehead atoms. The van der Waals surface area contributed by atoms with Crippen molar-refractivity contribution in [3.63, 3.8) is 0 Å². The summed E-state index contributed by atoms with van der Waals surface area (Å²) in [6, 6.07) is 14.3. The van der Waals surface area contributed by atoms with E-state index < -0.39 is 6.10 Å². The topological polar surface area (TPSA) is 78.4 Å². The van der Waals surface area contributed by atoms with Gasteiger partial charge >= 0.3 is 0 Å². The minimum atomic E-state index is -0.615. The molecule has 33 heavy (non-hydrogen) atoms. The highest BCUT2D eigenvalue weighted by Gasteiger charge is 2.21. The predicted molar refractivity (Wildman–Crippen MR) is 145 cm³/mol. The first kappa shape index (κ1) is 27.0. The van der Waals surface area contributed by atoms with Crippen molar-refractivity contribution in [2.24, 2.45) is 4.99 Å². The Kier molecular flexibility index (Phi) is 11.1. The Morgan fingerprint density at radius 3 is 2.24 bits per heavy atom. The number of nitrogens with zero attached hydrogens (tertiary/aromatic N) is 2. The molecule has 1 saturated heterocycles. The molecule has 0 aromatic heterocycles. The Balaban J connectivity index is 0.00000385. The van der Waals surface area contributed by atoms with E-state index in [1.54, 1.807) is 14.2 Å². The number of aliphatic hydroxyl groups is 1. The van der Waals surface area contributed by atoms with E-state index in [1.165, 1.54) is 5.56 Å². The van der Waals surface area contributed by atoms with Crippen molar-refractivity contribution in [3.8, 4) is 11.5 Å². The number of anilines is 1. The molecule has 1 aliphatic heterocycles. The molecule has 182 valence electrons. The maximum atomic E-state index is 10.5. The van der Waals surface area contributed by atoms with Crippen LogP contribution >= 0.6 is 24.0 Å². The van der Waals surface area contributed by atoms with Crippen LogP contribution in [0.5, 0.6) is 11.5 Å². The van der Waals surface area contributed by atoms with Crippen LogP contribution in [0, 0.1) is 6.92 Å². The first-order chi connectivity index (χ1) is 15.5. The zero-order chi connectivity index (χ0) is 22.9. The summed E-state index contributed by atoms with van der Waals surface area (Å²) < 4.78 is 10.8. The molecular weight excluding hydrogens is 531 g/mol. The summed E-state index contributed by atoms with van der Waals surface area (Å²) in [6.45, 7) is 7.04. The van der Waals surface area contributed by atoms with Crippen molar-refractivity contribution in [2.75, 3.05) is 45.3 Å². The molecule has 3 N–H and O–H groups in total. The molecular formula is C25H37IN4O3. The van der Waals surface area contributed by atoms with Crippen LogP contribution in [0.2, 0.25) is 0 Å². The van der Waals surface area contributed by atoms with Crippen molar-refractivity contribution in [1.29, 1.82) is 0 Å². The molecule has 2 aromatic carbocycles. The molecule has 1 unspecified atom stereocenters. The van der Waals surface area contributed by atoms with Gasteiger partial charge in [-0.05, 0) is 32.3 Å². The lowest BCUT2D eigenvalue weighted by Crippen LogP contribution is -2.48. The summed E-state index contributed by atoms with van der Waals surface area (Å²) in [4.78, 5) is 6.98. The van der Waals surface area contributed by atoms with E-state index in [0.717, 1.165) is 61.2 Å². The number of benzene rings is 2. The summed E-state index contributed by atoms with van der Waals surface area (Å²) in [7, 11) is 3.35. The van der Waals surface area contributed by atoms with Gasteiger partial charge in [-0.1, -0.05) is 29.8 Å². The fourth-order valence-corrected chi connectivity index (χ4v) is 3.84. The molecule has 1 atom stereocenters. The number of methoxy groups -OCH3 is 2. The highest BCUT2D eigenvalue weighted by Crippen LogP contribution is 2.30. The summed E-state index contributed by atoms with van der Waals surface area (Å²) >= 11 is 0. The molecule has 8 heteroatoms. The first-order valence-corrected chi connectivity index (χ1v) is 11.3. The van der Waals surface area contributed by atoms with E-state index in [4.69, 9.17) is 9.47 Å². The molecule has 1 heterocycles. The van der Waals surface area contributed by atoms with Crippen LogP contribution in [-0.2, 0) is 0 Å². The number of halogens is 1. The molecule has 0 spiro atoms. The monoisotopic (exact) mass is 568 g/mol. The zero-order valence-electron chi connectivity index (χ0n) is 20.0. The number of aliphatic hydroxyl groups excluding tert-OH is 1. The zero-order valence-corrected chi connectivity index (χ0v) is 22.3. The van der Waals surface area contributed by atoms with Crippen LogP contribution in [0.4, 0.5) is 5.69 Å². The smallest absolute Gasteiger partial charge is 0.191 e. The Hall–Kier alpha value is -2.20. The number of hydrogen-bond donors (Lipinski definition) is 3. The number of guanidine groups is 1. The lowest BCUT2D eigenvalue weighted by Gasteiger charge is -2.35. The summed E-state index contributed by atoms with van der Waals surface area (Å²) in [5.41, 5.74) is 3.18. The van der Waals surface area contributed by atoms with Crippen LogP contribution in [0.1, 0.15) is 37.0 Å². The molecule has 0 saturated carbocycles. The van der Waals surface area contributed by atoms with Crippen LogP contribution in [0.25, 0.3) is 0 Å². The van der Waals surface area contributed by atoms with Crippen molar-refractivity contribution < 1.29 is 14.6 Å². The maximum Gasteiger partial charge on any atom is 0.191 e. The molecule has 7 nitrogen and oxygen atoms in total. The predicted octanol–water partition coefficient (Wildman–Crippen LogP) is 3.89. The average molecular weight is 569 g/mol. The molecule has 0 amide bonds. The van der Waals surface area contributed by atoms with Gasteiger partial charge in [0.25, 0.3) is 0 Å². The van der Waals surface area contributed by atoms with Crippen molar-refractivity contribution in [2.45, 2.75) is 38.8 Å². The van der Waals surface area contributed by atoms with Gasteiger partial charge in [0.2, 0.25) is 0 Å². The van der Waals surface area contributed by atoms with Gasteiger partial charge in [-0.3, -0.25) is 4.99 Å². The average Bonchev–Trinajstić information content (AvgIpc) is 2.83. The second-order valence-electron chi connectivity index (χ2n) is 8.12. The maximum absolute atomic E-state index is 10.5. The number of ether oxygens (including phenoxy) is 2. The Bertz CT molecular complexity index is 861. The third kappa shape index (κ3) is 7.96. The van der Waals surface area contributed by atoms with Crippen LogP contribution in [0.3, 0.4) is 0 Å². The number of aryl methyl sites for hydroxylation is 1. The molecule has 0 aliphatic carbocycles. The Morgan fingerprint density at radius 2 is 1.70 bits per heavy atom. The number of hydrogen-bond acceptors (Lipinski definition) is 5. The fraction of sp³-hybridized carbons (Fsp3) is 0.480. The van der Waals surface area contributed by atoms with Crippen LogP contribution in [-0.4, -0.2) is 57.5 Å². The quantitative estimate of drug-likeness (QED) is 0.255. The van der Waals surface area contributed by atoms with Crippen molar-refractivity contribution >= 4 is 35.6 Å². The minimum absolute atomic E-state index is 0. The molecule has 2 aromatic rings. The highest BCUT2D eigenvalue weighted by atomic mass is 127. The van der Waals surface area contributed by atoms with E-state index in [1.807, 2.05) is 56.3 Å². The number of rotatable bonds is 8. The summed E-state index contributed by atoms with van der Waals surface area (Å²) in [6.07, 6.45) is 1.37. The van der Waals surface area contributed by atoms with Crippen molar-refractivity contribution in [3.05, 3.63) is 53.6 Å². The van der Waals surface area contributed by atoms with E-state index in [9.17, 15) is 5.11 Å². The lowest BCUT2D eigenvalue weighted by molar-refractivity contribution is 0.187. The number of piperidine rings is 1. The molecule has 3 rings (SSSR count). The van der Waals surface area contributed by atoms with Gasteiger partial charge in [0.15, 0.2) is 5.96 Å². The lowest BCUT2D eigenvalue weighted by atomic mass is 10.0. The normalized spacial score (nSPS) is 15.4. The van der Waals surface area contributed by atoms with E-state index in [0.29, 0.717) is 12.6 Å². The third-order valence-corrected chi connectivity index (χ3v) is 5.77. The largest absolute Gasteiger partial charge is 0.497 e. The minimum Gasteiger partial charge on any atom is -0.497 e. The van der Waals surface area contributed by atoms with Crippen LogP contribution < -0.4 is 25.0 Å². The second-order valence-corrected chi connectivity index (χ2v) is 8.12. The van der Waals surface area contributed by atoms with Crippen molar-refractivity contribution in [1.82, 2.24) is 10.6 Å². The SMILES string of the molecule is CCNC(=NCC(O)c1ccc(C)cc1)NC1CCN(c2cc(OC)cc(OC)c2)CC1.I. The van der Waals surface area contributed by atoms with E-state index >= 15 is 0 Å². The third-order valence-electron chi connectivity index (χ3n) is 5.77. The van der Waals surface area contributed by atoms with E-state index in [-0.39, 0.29) is 24.0 Å². The number of aliphatic imine (C=N–C) groups is 1. The second kappa shape index (κ2) is 13.5. The van der Waals surface area contributed by atoms with E-state index in [2.05, 4.69) is 20.5 Å². The molecule has 1 aliphatic rings. The van der Waals surface area contributed by atoms with Crippen LogP contribution in [0.15, 0.2) is 47.5 Å².